The summed E-state index contributed by atoms with van der Waals surface area (Å²) in [5.74, 6) is -0.826. The van der Waals surface area contributed by atoms with Crippen molar-refractivity contribution in [1.82, 2.24) is 0 Å². The van der Waals surface area contributed by atoms with Crippen LogP contribution in [0.3, 0.4) is 0 Å². The summed E-state index contributed by atoms with van der Waals surface area (Å²) in [6.45, 7) is 3.96. The van der Waals surface area contributed by atoms with Crippen molar-refractivity contribution >= 4 is 23.3 Å². The van der Waals surface area contributed by atoms with Crippen LogP contribution in [0.1, 0.15) is 12.5 Å². The van der Waals surface area contributed by atoms with Gasteiger partial charge in [0.05, 0.1) is 12.3 Å². The monoisotopic (exact) mass is 280 g/mol. The predicted octanol–water partition coefficient (Wildman–Crippen LogP) is 2.96. The normalized spacial score (nSPS) is 10.5. The molecule has 0 saturated heterocycles. The van der Waals surface area contributed by atoms with Crippen LogP contribution >= 0.6 is 11.6 Å². The van der Waals surface area contributed by atoms with Gasteiger partial charge in [-0.2, -0.15) is 5.26 Å². The van der Waals surface area contributed by atoms with Crippen molar-refractivity contribution in [3.63, 3.8) is 0 Å². The van der Waals surface area contributed by atoms with E-state index >= 15 is 0 Å². The van der Waals surface area contributed by atoms with Crippen LogP contribution < -0.4 is 5.48 Å². The van der Waals surface area contributed by atoms with Gasteiger partial charge in [0.25, 0.3) is 0 Å². The Balaban J connectivity index is 2.63. The van der Waals surface area contributed by atoms with Crippen LogP contribution in [0, 0.1) is 18.3 Å². The molecule has 0 bridgehead atoms. The summed E-state index contributed by atoms with van der Waals surface area (Å²) in [5, 5.41) is 9.30. The lowest BCUT2D eigenvalue weighted by atomic mass is 10.2. The summed E-state index contributed by atoms with van der Waals surface area (Å²) in [7, 11) is 0. The molecule has 0 unspecified atom stereocenters. The highest BCUT2D eigenvalue weighted by Crippen LogP contribution is 2.20. The lowest BCUT2D eigenvalue weighted by molar-refractivity contribution is -0.135. The molecule has 1 N–H and O–H groups in total. The Morgan fingerprint density at radius 2 is 2.32 bits per heavy atom. The molecule has 1 rings (SSSR count). The highest BCUT2D eigenvalue weighted by molar-refractivity contribution is 6.31. The molecule has 1 aromatic carbocycles. The summed E-state index contributed by atoms with van der Waals surface area (Å²) in [4.78, 5) is 16.3. The molecule has 0 saturated carbocycles. The van der Waals surface area contributed by atoms with Gasteiger partial charge in [-0.3, -0.25) is 0 Å². The highest BCUT2D eigenvalue weighted by atomic mass is 35.5. The lowest BCUT2D eigenvalue weighted by Crippen LogP contribution is -2.12. The van der Waals surface area contributed by atoms with Crippen LogP contribution in [0.4, 0.5) is 5.69 Å². The Hall–Kier alpha value is -2.19. The molecule has 0 aliphatic rings. The minimum absolute atomic E-state index is 0.229. The first-order valence-corrected chi connectivity index (χ1v) is 5.91. The third-order valence-corrected chi connectivity index (χ3v) is 2.55. The maximum Gasteiger partial charge on any atom is 0.376 e. The number of carbonyl (C=O) groups is 1. The van der Waals surface area contributed by atoms with Crippen LogP contribution in [0.5, 0.6) is 0 Å². The second-order valence-electron chi connectivity index (χ2n) is 3.55. The molecule has 100 valence electrons. The number of anilines is 1. The van der Waals surface area contributed by atoms with E-state index in [1.165, 1.54) is 0 Å². The number of nitrogens with zero attached hydrogens (tertiary/aromatic N) is 1. The van der Waals surface area contributed by atoms with Gasteiger partial charge in [-0.15, -0.1) is 0 Å². The molecule has 19 heavy (non-hydrogen) atoms. The number of halogens is 1. The number of nitriles is 1. The largest absolute Gasteiger partial charge is 0.500 e. The number of nitrogens with one attached hydrogen (secondary N) is 1. The van der Waals surface area contributed by atoms with Crippen LogP contribution in [0.2, 0.25) is 5.02 Å². The molecule has 0 amide bonds. The van der Waals surface area contributed by atoms with Gasteiger partial charge in [0.15, 0.2) is 5.57 Å². The maximum atomic E-state index is 11.5. The smallest absolute Gasteiger partial charge is 0.376 e. The first kappa shape index (κ1) is 14.9. The van der Waals surface area contributed by atoms with E-state index in [0.29, 0.717) is 17.3 Å². The topological polar surface area (TPSA) is 71.3 Å². The molecular formula is C13H13ClN2O3. The summed E-state index contributed by atoms with van der Waals surface area (Å²) < 4.78 is 4.86. The van der Waals surface area contributed by atoms with Gasteiger partial charge in [0.2, 0.25) is 0 Å². The average Bonchev–Trinajstić information content (AvgIpc) is 2.41. The van der Waals surface area contributed by atoms with Crippen molar-refractivity contribution < 1.29 is 14.4 Å². The van der Waals surface area contributed by atoms with Crippen LogP contribution in [-0.4, -0.2) is 12.6 Å². The molecule has 0 radical (unpaired) electrons. The second-order valence-corrected chi connectivity index (χ2v) is 3.96. The van der Waals surface area contributed by atoms with Crippen molar-refractivity contribution in [1.29, 1.82) is 5.26 Å². The zero-order chi connectivity index (χ0) is 14.3. The Morgan fingerprint density at radius 3 is 2.89 bits per heavy atom. The van der Waals surface area contributed by atoms with Gasteiger partial charge in [-0.25, -0.2) is 10.3 Å². The number of hydrogen-bond acceptors (Lipinski definition) is 5. The average molecular weight is 281 g/mol. The van der Waals surface area contributed by atoms with E-state index in [0.717, 1.165) is 11.8 Å². The van der Waals surface area contributed by atoms with E-state index < -0.39 is 5.97 Å². The number of ether oxygens (including phenoxy) is 1. The number of rotatable bonds is 5. The fourth-order valence-electron chi connectivity index (χ4n) is 1.10. The van der Waals surface area contributed by atoms with Crippen molar-refractivity contribution in [2.45, 2.75) is 13.8 Å². The van der Waals surface area contributed by atoms with Crippen molar-refractivity contribution in [2.24, 2.45) is 0 Å². The third kappa shape index (κ3) is 4.53. The molecule has 0 aliphatic carbocycles. The van der Waals surface area contributed by atoms with Crippen molar-refractivity contribution in [3.8, 4) is 6.07 Å². The Morgan fingerprint density at radius 1 is 1.58 bits per heavy atom. The fourth-order valence-corrected chi connectivity index (χ4v) is 1.28. The quantitative estimate of drug-likeness (QED) is 0.388. The second kappa shape index (κ2) is 7.29. The number of benzene rings is 1. The summed E-state index contributed by atoms with van der Waals surface area (Å²) in [6.07, 6.45) is 1.06. The molecule has 6 heteroatoms. The van der Waals surface area contributed by atoms with Gasteiger partial charge in [0, 0.05) is 5.02 Å². The molecule has 1 aromatic rings. The fraction of sp³-hybridized carbons (Fsp3) is 0.231. The molecule has 0 heterocycles. The minimum Gasteiger partial charge on any atom is -0.500 e. The van der Waals surface area contributed by atoms with E-state index in [9.17, 15) is 4.79 Å². The van der Waals surface area contributed by atoms with Crippen LogP contribution in [0.25, 0.3) is 0 Å². The number of aryl methyl sites for hydroxylation is 1. The van der Waals surface area contributed by atoms with Crippen LogP contribution in [-0.2, 0) is 14.4 Å². The molecular weight excluding hydrogens is 268 g/mol. The lowest BCUT2D eigenvalue weighted by Gasteiger charge is -2.07. The minimum atomic E-state index is -0.826. The van der Waals surface area contributed by atoms with Gasteiger partial charge < -0.3 is 9.57 Å². The van der Waals surface area contributed by atoms with Crippen LogP contribution in [0.15, 0.2) is 30.0 Å². The Kier molecular flexibility index (Phi) is 5.71. The number of hydrogen-bond donors (Lipinski definition) is 1. The van der Waals surface area contributed by atoms with Crippen molar-refractivity contribution in [3.05, 3.63) is 40.6 Å². The van der Waals surface area contributed by atoms with Gasteiger partial charge >= 0.3 is 5.97 Å². The van der Waals surface area contributed by atoms with E-state index in [-0.39, 0.29) is 5.57 Å². The summed E-state index contributed by atoms with van der Waals surface area (Å²) in [6, 6.07) is 6.78. The van der Waals surface area contributed by atoms with Crippen molar-refractivity contribution in [2.75, 3.05) is 12.1 Å². The zero-order valence-corrected chi connectivity index (χ0v) is 11.3. The Labute approximate surface area is 116 Å². The summed E-state index contributed by atoms with van der Waals surface area (Å²) in [5.41, 5.74) is 3.61. The van der Waals surface area contributed by atoms with Gasteiger partial charge in [0.1, 0.15) is 12.3 Å². The third-order valence-electron chi connectivity index (χ3n) is 2.14. The van der Waals surface area contributed by atoms with E-state index in [4.69, 9.17) is 26.4 Å². The SMILES string of the molecule is CCOC=C(C#N)C(=O)ONc1ccc(C)c(Cl)c1. The maximum absolute atomic E-state index is 11.5. The summed E-state index contributed by atoms with van der Waals surface area (Å²) >= 11 is 5.92. The first-order chi connectivity index (χ1) is 9.08. The predicted molar refractivity (Wildman–Crippen MR) is 71.2 cm³/mol. The molecule has 5 nitrogen and oxygen atoms in total. The van der Waals surface area contributed by atoms with E-state index in [1.54, 1.807) is 31.2 Å². The Bertz CT molecular complexity index is 535. The van der Waals surface area contributed by atoms with E-state index in [1.807, 2.05) is 6.92 Å². The molecule has 0 atom stereocenters. The zero-order valence-electron chi connectivity index (χ0n) is 10.6. The highest BCUT2D eigenvalue weighted by Gasteiger charge is 2.11. The molecule has 0 fully saturated rings. The molecule has 0 aliphatic heterocycles. The molecule has 0 spiro atoms. The molecule has 0 aromatic heterocycles. The van der Waals surface area contributed by atoms with E-state index in [2.05, 4.69) is 5.48 Å². The first-order valence-electron chi connectivity index (χ1n) is 5.53. The standard InChI is InChI=1S/C13H13ClN2O3/c1-3-18-8-10(7-15)13(17)19-16-11-5-4-9(2)12(14)6-11/h4-6,8,16H,3H2,1-2H3. The van der Waals surface area contributed by atoms with Gasteiger partial charge in [-0.05, 0) is 31.5 Å². The van der Waals surface area contributed by atoms with Gasteiger partial charge in [-0.1, -0.05) is 17.7 Å². The number of carbonyl (C=O) groups excluding carboxylic acids is 1.